The van der Waals surface area contributed by atoms with Gasteiger partial charge in [-0.1, -0.05) is 37.6 Å². The summed E-state index contributed by atoms with van der Waals surface area (Å²) >= 11 is 5.78. The lowest BCUT2D eigenvalue weighted by molar-refractivity contribution is 0.243. The van der Waals surface area contributed by atoms with Crippen molar-refractivity contribution in [2.24, 2.45) is 5.92 Å². The van der Waals surface area contributed by atoms with E-state index in [1.54, 1.807) is 6.20 Å². The fourth-order valence-corrected chi connectivity index (χ4v) is 1.44. The van der Waals surface area contributed by atoms with Gasteiger partial charge in [-0.15, -0.1) is 0 Å². The van der Waals surface area contributed by atoms with E-state index in [0.29, 0.717) is 17.5 Å². The summed E-state index contributed by atoms with van der Waals surface area (Å²) in [7, 11) is 0. The van der Waals surface area contributed by atoms with Crippen LogP contribution >= 0.6 is 11.6 Å². The fourth-order valence-electron chi connectivity index (χ4n) is 1.31. The molecule has 0 aliphatic rings. The van der Waals surface area contributed by atoms with Crippen molar-refractivity contribution in [1.29, 1.82) is 0 Å². The first-order valence-corrected chi connectivity index (χ1v) is 6.42. The van der Waals surface area contributed by atoms with Crippen molar-refractivity contribution >= 4 is 23.7 Å². The van der Waals surface area contributed by atoms with Gasteiger partial charge in [0.1, 0.15) is 0 Å². The molecule has 0 spiro atoms. The maximum absolute atomic E-state index is 11.4. The third kappa shape index (κ3) is 6.30. The van der Waals surface area contributed by atoms with Crippen LogP contribution in [0.2, 0.25) is 5.02 Å². The first kappa shape index (κ1) is 14.6. The van der Waals surface area contributed by atoms with E-state index < -0.39 is 0 Å². The summed E-state index contributed by atoms with van der Waals surface area (Å²) in [5, 5.41) is 6.14. The fraction of sp³-hybridized carbons (Fsp3) is 0.357. The lowest BCUT2D eigenvalue weighted by Crippen LogP contribution is -2.33. The number of rotatable bonds is 5. The van der Waals surface area contributed by atoms with Gasteiger partial charge < -0.3 is 10.6 Å². The molecule has 0 aromatic heterocycles. The van der Waals surface area contributed by atoms with E-state index in [9.17, 15) is 4.79 Å². The van der Waals surface area contributed by atoms with Crippen molar-refractivity contribution in [1.82, 2.24) is 10.6 Å². The molecule has 0 aliphatic heterocycles. The lowest BCUT2D eigenvalue weighted by atomic mass is 10.1. The smallest absolute Gasteiger partial charge is 0.318 e. The van der Waals surface area contributed by atoms with Crippen LogP contribution in [0.4, 0.5) is 4.79 Å². The SMILES string of the molecule is CC(C)CCNC(=O)N/C=C/c1ccc(Cl)cc1. The molecule has 0 heterocycles. The Morgan fingerprint density at radius 3 is 2.61 bits per heavy atom. The van der Waals surface area contributed by atoms with Gasteiger partial charge in [-0.3, -0.25) is 0 Å². The molecule has 4 heteroatoms. The van der Waals surface area contributed by atoms with Crippen LogP contribution in [0.15, 0.2) is 30.5 Å². The van der Waals surface area contributed by atoms with Gasteiger partial charge in [-0.05, 0) is 36.1 Å². The second-order valence-corrected chi connectivity index (χ2v) is 4.90. The minimum absolute atomic E-state index is 0.180. The molecule has 0 unspecified atom stereocenters. The number of urea groups is 1. The van der Waals surface area contributed by atoms with E-state index in [-0.39, 0.29) is 6.03 Å². The van der Waals surface area contributed by atoms with Crippen LogP contribution in [0.25, 0.3) is 6.08 Å². The molecular formula is C14H19ClN2O. The molecule has 0 fully saturated rings. The zero-order chi connectivity index (χ0) is 13.4. The third-order valence-corrected chi connectivity index (χ3v) is 2.62. The van der Waals surface area contributed by atoms with Crippen molar-refractivity contribution in [2.45, 2.75) is 20.3 Å². The predicted molar refractivity (Wildman–Crippen MR) is 76.5 cm³/mol. The summed E-state index contributed by atoms with van der Waals surface area (Å²) in [6, 6.07) is 7.21. The van der Waals surface area contributed by atoms with Crippen LogP contribution in [-0.4, -0.2) is 12.6 Å². The molecule has 0 bridgehead atoms. The molecule has 1 aromatic carbocycles. The Balaban J connectivity index is 2.27. The van der Waals surface area contributed by atoms with Crippen LogP contribution in [0.1, 0.15) is 25.8 Å². The van der Waals surface area contributed by atoms with Gasteiger partial charge >= 0.3 is 6.03 Å². The topological polar surface area (TPSA) is 41.1 Å². The van der Waals surface area contributed by atoms with Crippen molar-refractivity contribution in [3.05, 3.63) is 41.1 Å². The maximum Gasteiger partial charge on any atom is 0.318 e. The highest BCUT2D eigenvalue weighted by Crippen LogP contribution is 2.10. The highest BCUT2D eigenvalue weighted by atomic mass is 35.5. The minimum Gasteiger partial charge on any atom is -0.338 e. The number of carbonyl (C=O) groups excluding carboxylic acids is 1. The molecule has 2 N–H and O–H groups in total. The summed E-state index contributed by atoms with van der Waals surface area (Å²) in [5.74, 6) is 0.593. The summed E-state index contributed by atoms with van der Waals surface area (Å²) in [6.07, 6.45) is 4.42. The Hall–Kier alpha value is -1.48. The Morgan fingerprint density at radius 1 is 1.33 bits per heavy atom. The molecule has 0 saturated carbocycles. The van der Waals surface area contributed by atoms with E-state index in [1.165, 1.54) is 0 Å². The van der Waals surface area contributed by atoms with Gasteiger partial charge in [0.25, 0.3) is 0 Å². The number of halogens is 1. The molecule has 2 amide bonds. The quantitative estimate of drug-likeness (QED) is 0.839. The molecule has 0 aliphatic carbocycles. The molecule has 0 saturated heterocycles. The molecule has 18 heavy (non-hydrogen) atoms. The minimum atomic E-state index is -0.180. The Morgan fingerprint density at radius 2 is 2.00 bits per heavy atom. The van der Waals surface area contributed by atoms with Crippen LogP contribution in [0.3, 0.4) is 0 Å². The van der Waals surface area contributed by atoms with Crippen molar-refractivity contribution in [2.75, 3.05) is 6.54 Å². The van der Waals surface area contributed by atoms with Crippen LogP contribution in [0, 0.1) is 5.92 Å². The first-order valence-electron chi connectivity index (χ1n) is 6.04. The summed E-state index contributed by atoms with van der Waals surface area (Å²) in [5.41, 5.74) is 0.988. The van der Waals surface area contributed by atoms with Crippen LogP contribution in [0.5, 0.6) is 0 Å². The number of hydrogen-bond donors (Lipinski definition) is 2. The zero-order valence-electron chi connectivity index (χ0n) is 10.7. The van der Waals surface area contributed by atoms with E-state index in [4.69, 9.17) is 11.6 Å². The Bertz CT molecular complexity index is 399. The van der Waals surface area contributed by atoms with Gasteiger partial charge in [0, 0.05) is 17.8 Å². The van der Waals surface area contributed by atoms with E-state index in [0.717, 1.165) is 12.0 Å². The van der Waals surface area contributed by atoms with Gasteiger partial charge in [-0.25, -0.2) is 4.79 Å². The van der Waals surface area contributed by atoms with Gasteiger partial charge in [0.2, 0.25) is 0 Å². The summed E-state index contributed by atoms with van der Waals surface area (Å²) < 4.78 is 0. The first-order chi connectivity index (χ1) is 8.58. The van der Waals surface area contributed by atoms with Crippen molar-refractivity contribution in [3.8, 4) is 0 Å². The number of carbonyl (C=O) groups is 1. The lowest BCUT2D eigenvalue weighted by Gasteiger charge is -2.06. The number of nitrogens with one attached hydrogen (secondary N) is 2. The molecule has 0 radical (unpaired) electrons. The van der Waals surface area contributed by atoms with Crippen molar-refractivity contribution in [3.63, 3.8) is 0 Å². The van der Waals surface area contributed by atoms with Crippen LogP contribution < -0.4 is 10.6 Å². The molecular weight excluding hydrogens is 248 g/mol. The number of amides is 2. The van der Waals surface area contributed by atoms with Crippen molar-refractivity contribution < 1.29 is 4.79 Å². The standard InChI is InChI=1S/C14H19ClN2O/c1-11(2)7-9-16-14(18)17-10-8-12-3-5-13(15)6-4-12/h3-6,8,10-11H,7,9H2,1-2H3,(H2,16,17,18)/b10-8+. The van der Waals surface area contributed by atoms with Crippen LogP contribution in [-0.2, 0) is 0 Å². The second-order valence-electron chi connectivity index (χ2n) is 4.47. The molecule has 3 nitrogen and oxygen atoms in total. The average Bonchev–Trinajstić information content (AvgIpc) is 2.31. The Kier molecular flexibility index (Phi) is 6.29. The maximum atomic E-state index is 11.4. The van der Waals surface area contributed by atoms with Gasteiger partial charge in [-0.2, -0.15) is 0 Å². The summed E-state index contributed by atoms with van der Waals surface area (Å²) in [6.45, 7) is 4.94. The highest BCUT2D eigenvalue weighted by molar-refractivity contribution is 6.30. The van der Waals surface area contributed by atoms with E-state index in [2.05, 4.69) is 24.5 Å². The number of hydrogen-bond acceptors (Lipinski definition) is 1. The van der Waals surface area contributed by atoms with E-state index >= 15 is 0 Å². The Labute approximate surface area is 113 Å². The molecule has 98 valence electrons. The number of benzene rings is 1. The highest BCUT2D eigenvalue weighted by Gasteiger charge is 1.97. The van der Waals surface area contributed by atoms with Gasteiger partial charge in [0.15, 0.2) is 0 Å². The molecule has 0 atom stereocenters. The third-order valence-electron chi connectivity index (χ3n) is 2.37. The predicted octanol–water partition coefficient (Wildman–Crippen LogP) is 3.66. The molecule has 1 aromatic rings. The average molecular weight is 267 g/mol. The largest absolute Gasteiger partial charge is 0.338 e. The zero-order valence-corrected chi connectivity index (χ0v) is 11.5. The summed E-state index contributed by atoms with van der Waals surface area (Å²) in [4.78, 5) is 11.4. The van der Waals surface area contributed by atoms with E-state index in [1.807, 2.05) is 30.3 Å². The molecule has 1 rings (SSSR count). The monoisotopic (exact) mass is 266 g/mol. The van der Waals surface area contributed by atoms with Gasteiger partial charge in [0.05, 0.1) is 0 Å². The second kappa shape index (κ2) is 7.77. The normalized spacial score (nSPS) is 10.9.